The van der Waals surface area contributed by atoms with Crippen molar-refractivity contribution in [1.82, 2.24) is 29.5 Å². The Morgan fingerprint density at radius 1 is 1.07 bits per heavy atom. The maximum Gasteiger partial charge on any atom is 0.233 e. The second-order valence-electron chi connectivity index (χ2n) is 12.6. The van der Waals surface area contributed by atoms with Gasteiger partial charge in [-0.1, -0.05) is 81.4 Å². The molecule has 8 nitrogen and oxygen atoms in total. The van der Waals surface area contributed by atoms with Crippen molar-refractivity contribution in [2.45, 2.75) is 65.2 Å². The van der Waals surface area contributed by atoms with Gasteiger partial charge >= 0.3 is 0 Å². The predicted octanol–water partition coefficient (Wildman–Crippen LogP) is 6.30. The van der Waals surface area contributed by atoms with Crippen molar-refractivity contribution >= 4 is 57.2 Å². The summed E-state index contributed by atoms with van der Waals surface area (Å²) in [7, 11) is 0. The van der Waals surface area contributed by atoms with E-state index in [4.69, 9.17) is 16.6 Å². The van der Waals surface area contributed by atoms with Crippen LogP contribution in [0, 0.1) is 11.3 Å². The molecule has 2 unspecified atom stereocenters. The number of para-hydroxylation sites is 1. The maximum absolute atomic E-state index is 13.2. The Morgan fingerprint density at radius 3 is 2.60 bits per heavy atom. The van der Waals surface area contributed by atoms with Crippen LogP contribution in [-0.2, 0) is 16.1 Å². The first kappa shape index (κ1) is 30.3. The van der Waals surface area contributed by atoms with Crippen LogP contribution in [0.1, 0.15) is 53.0 Å². The molecule has 2 amide bonds. The quantitative estimate of drug-likeness (QED) is 0.219. The minimum Gasteiger partial charge on any atom is -0.338 e. The van der Waals surface area contributed by atoms with Gasteiger partial charge in [-0.15, -0.1) is 10.2 Å². The number of amides is 2. The summed E-state index contributed by atoms with van der Waals surface area (Å²) in [6.07, 6.45) is 1.55. The second kappa shape index (κ2) is 12.6. The summed E-state index contributed by atoms with van der Waals surface area (Å²) in [5.74, 6) is 0.742. The van der Waals surface area contributed by atoms with Gasteiger partial charge in [0, 0.05) is 49.1 Å². The van der Waals surface area contributed by atoms with E-state index in [2.05, 4.69) is 48.5 Å². The van der Waals surface area contributed by atoms with Gasteiger partial charge in [0.2, 0.25) is 17.0 Å². The van der Waals surface area contributed by atoms with Gasteiger partial charge in [0.05, 0.1) is 11.3 Å². The van der Waals surface area contributed by atoms with Crippen LogP contribution in [0.4, 0.5) is 0 Å². The molecule has 1 aliphatic rings. The first-order chi connectivity index (χ1) is 20.0. The molecule has 5 rings (SSSR count). The molecule has 1 saturated heterocycles. The Kier molecular flexibility index (Phi) is 9.08. The zero-order valence-electron chi connectivity index (χ0n) is 25.0. The zero-order valence-corrected chi connectivity index (χ0v) is 26.6. The van der Waals surface area contributed by atoms with E-state index in [1.165, 1.54) is 11.8 Å². The molecule has 0 spiro atoms. The fraction of sp³-hybridized carbons (Fsp3) is 0.469. The number of fused-ring (bicyclic) bond motifs is 3. The van der Waals surface area contributed by atoms with Crippen molar-refractivity contribution in [2.24, 2.45) is 11.3 Å². The largest absolute Gasteiger partial charge is 0.338 e. The first-order valence-corrected chi connectivity index (χ1v) is 15.9. The maximum atomic E-state index is 13.2. The molecule has 4 aromatic rings. The molecule has 1 fully saturated rings. The van der Waals surface area contributed by atoms with Gasteiger partial charge in [-0.3, -0.25) is 9.59 Å². The third-order valence-corrected chi connectivity index (χ3v) is 8.75. The molecule has 0 bridgehead atoms. The fourth-order valence-corrected chi connectivity index (χ4v) is 6.93. The zero-order chi connectivity index (χ0) is 30.0. The average Bonchev–Trinajstić information content (AvgIpc) is 3.23. The summed E-state index contributed by atoms with van der Waals surface area (Å²) >= 11 is 7.54. The number of hydrogen-bond donors (Lipinski definition) is 0. The van der Waals surface area contributed by atoms with Crippen LogP contribution < -0.4 is 0 Å². The smallest absolute Gasteiger partial charge is 0.233 e. The van der Waals surface area contributed by atoms with Crippen LogP contribution in [0.2, 0.25) is 5.02 Å². The van der Waals surface area contributed by atoms with Crippen LogP contribution >= 0.6 is 23.4 Å². The lowest BCUT2D eigenvalue weighted by Crippen LogP contribution is -2.56. The Labute approximate surface area is 256 Å². The summed E-state index contributed by atoms with van der Waals surface area (Å²) in [6, 6.07) is 15.8. The van der Waals surface area contributed by atoms with Crippen molar-refractivity contribution in [1.29, 1.82) is 0 Å². The summed E-state index contributed by atoms with van der Waals surface area (Å²) in [5, 5.41) is 11.0. The summed E-state index contributed by atoms with van der Waals surface area (Å²) in [4.78, 5) is 34.8. The molecule has 0 radical (unpaired) electrons. The number of piperazine rings is 1. The third-order valence-electron chi connectivity index (χ3n) is 7.69. The van der Waals surface area contributed by atoms with Gasteiger partial charge in [0.15, 0.2) is 5.65 Å². The predicted molar refractivity (Wildman–Crippen MR) is 170 cm³/mol. The number of hydrogen-bond acceptors (Lipinski definition) is 6. The van der Waals surface area contributed by atoms with E-state index in [-0.39, 0.29) is 29.0 Å². The van der Waals surface area contributed by atoms with E-state index in [9.17, 15) is 9.59 Å². The lowest BCUT2D eigenvalue weighted by molar-refractivity contribution is -0.142. The van der Waals surface area contributed by atoms with E-state index in [0.717, 1.165) is 34.1 Å². The summed E-state index contributed by atoms with van der Waals surface area (Å²) < 4.78 is 2.12. The number of carbonyl (C=O) groups is 2. The van der Waals surface area contributed by atoms with Crippen LogP contribution in [-0.4, -0.2) is 72.8 Å². The monoisotopic (exact) mass is 606 g/mol. The standard InChI is InChI=1S/C32H39ClN6O2S/c1-21(17-32(3,4)5)15-27(40)38-14-13-37(18-22(38)2)28(41)20-42-31-34-30-29(35-36-31)25-11-6-7-12-26(25)39(30)19-23-9-8-10-24(33)16-23/h6-12,16,21-22H,13-15,17-20H2,1-5H3. The molecular weight excluding hydrogens is 568 g/mol. The normalized spacial score (nSPS) is 16.8. The van der Waals surface area contributed by atoms with Gasteiger partial charge in [0.1, 0.15) is 5.52 Å². The molecular formula is C32H39ClN6O2S. The van der Waals surface area contributed by atoms with Crippen molar-refractivity contribution in [3.05, 3.63) is 59.1 Å². The second-order valence-corrected chi connectivity index (χ2v) is 14.0. The Balaban J connectivity index is 1.24. The van der Waals surface area contributed by atoms with E-state index in [1.54, 1.807) is 0 Å². The molecule has 222 valence electrons. The summed E-state index contributed by atoms with van der Waals surface area (Å²) in [5.41, 5.74) is 3.73. The highest BCUT2D eigenvalue weighted by Gasteiger charge is 2.31. The Hall–Kier alpha value is -3.17. The highest BCUT2D eigenvalue weighted by molar-refractivity contribution is 7.99. The minimum atomic E-state index is -0.0153. The number of thioether (sulfide) groups is 1. The molecule has 2 aromatic heterocycles. The van der Waals surface area contributed by atoms with Crippen LogP contribution in [0.15, 0.2) is 53.7 Å². The van der Waals surface area contributed by atoms with Gasteiger partial charge in [-0.2, -0.15) is 0 Å². The number of carbonyl (C=O) groups excluding carboxylic acids is 2. The minimum absolute atomic E-state index is 0.0153. The lowest BCUT2D eigenvalue weighted by Gasteiger charge is -2.40. The van der Waals surface area contributed by atoms with E-state index >= 15 is 0 Å². The number of benzene rings is 2. The topological polar surface area (TPSA) is 84.2 Å². The van der Waals surface area contributed by atoms with E-state index in [1.807, 2.05) is 59.2 Å². The van der Waals surface area contributed by atoms with Crippen molar-refractivity contribution < 1.29 is 9.59 Å². The first-order valence-electron chi connectivity index (χ1n) is 14.5. The highest BCUT2D eigenvalue weighted by atomic mass is 35.5. The molecule has 2 aromatic carbocycles. The fourth-order valence-electron chi connectivity index (χ4n) is 6.03. The molecule has 3 heterocycles. The third kappa shape index (κ3) is 7.06. The van der Waals surface area contributed by atoms with Gasteiger partial charge in [-0.25, -0.2) is 4.98 Å². The van der Waals surface area contributed by atoms with Gasteiger partial charge in [-0.05, 0) is 48.4 Å². The molecule has 0 saturated carbocycles. The Bertz CT molecular complexity index is 1600. The van der Waals surface area contributed by atoms with Crippen LogP contribution in [0.5, 0.6) is 0 Å². The van der Waals surface area contributed by atoms with Gasteiger partial charge in [0.25, 0.3) is 0 Å². The number of halogens is 1. The molecule has 10 heteroatoms. The van der Waals surface area contributed by atoms with Crippen molar-refractivity contribution in [2.75, 3.05) is 25.4 Å². The number of rotatable bonds is 8. The molecule has 0 aliphatic carbocycles. The highest BCUT2D eigenvalue weighted by Crippen LogP contribution is 2.29. The number of nitrogens with zero attached hydrogens (tertiary/aromatic N) is 6. The molecule has 1 aliphatic heterocycles. The SMILES string of the molecule is CC(CC(=O)N1CCN(C(=O)CSc2nnc3c4ccccc4n(Cc4cccc(Cl)c4)c3n2)CC1C)CC(C)(C)C. The van der Waals surface area contributed by atoms with Crippen molar-refractivity contribution in [3.8, 4) is 0 Å². The van der Waals surface area contributed by atoms with E-state index in [0.29, 0.717) is 48.7 Å². The molecule has 42 heavy (non-hydrogen) atoms. The lowest BCUT2D eigenvalue weighted by atomic mass is 9.84. The molecule has 0 N–H and O–H groups in total. The van der Waals surface area contributed by atoms with Crippen LogP contribution in [0.25, 0.3) is 22.1 Å². The van der Waals surface area contributed by atoms with Gasteiger partial charge < -0.3 is 14.4 Å². The van der Waals surface area contributed by atoms with Crippen molar-refractivity contribution in [3.63, 3.8) is 0 Å². The summed E-state index contributed by atoms with van der Waals surface area (Å²) in [6.45, 7) is 13.0. The molecule has 2 atom stereocenters. The van der Waals surface area contributed by atoms with E-state index < -0.39 is 0 Å². The number of aromatic nitrogens is 4. The average molecular weight is 607 g/mol. The van der Waals surface area contributed by atoms with Crippen LogP contribution in [0.3, 0.4) is 0 Å². The Morgan fingerprint density at radius 2 is 1.86 bits per heavy atom.